The molecule has 1 saturated heterocycles. The molecular weight excluding hydrogens is 368 g/mol. The monoisotopic (exact) mass is 396 g/mol. The van der Waals surface area contributed by atoms with Crippen LogP contribution >= 0.6 is 0 Å². The normalized spacial score (nSPS) is 14.3. The number of hydrogen-bond acceptors (Lipinski definition) is 5. The van der Waals surface area contributed by atoms with E-state index in [9.17, 15) is 9.59 Å². The molecule has 0 spiro atoms. The van der Waals surface area contributed by atoms with Crippen LogP contribution in [-0.4, -0.2) is 54.2 Å². The van der Waals surface area contributed by atoms with Gasteiger partial charge in [-0.2, -0.15) is 0 Å². The Morgan fingerprint density at radius 1 is 1.14 bits per heavy atom. The van der Waals surface area contributed by atoms with Crippen molar-refractivity contribution in [2.45, 2.75) is 32.7 Å². The molecule has 7 nitrogen and oxygen atoms in total. The van der Waals surface area contributed by atoms with Crippen molar-refractivity contribution in [2.24, 2.45) is 0 Å². The van der Waals surface area contributed by atoms with Gasteiger partial charge in [-0.05, 0) is 51.0 Å². The first-order valence-corrected chi connectivity index (χ1v) is 10.1. The van der Waals surface area contributed by atoms with Gasteiger partial charge in [-0.15, -0.1) is 0 Å². The average Bonchev–Trinajstić information content (AvgIpc) is 2.76. The predicted molar refractivity (Wildman–Crippen MR) is 112 cm³/mol. The first-order valence-electron chi connectivity index (χ1n) is 10.1. The number of nitrogens with one attached hydrogen (secondary N) is 1. The molecule has 1 aromatic heterocycles. The second-order valence-electron chi connectivity index (χ2n) is 6.91. The van der Waals surface area contributed by atoms with Gasteiger partial charge >= 0.3 is 6.09 Å². The number of rotatable bonds is 6. The number of para-hydroxylation sites is 1. The van der Waals surface area contributed by atoms with Crippen molar-refractivity contribution >= 4 is 23.4 Å². The van der Waals surface area contributed by atoms with Gasteiger partial charge in [0.25, 0.3) is 5.91 Å². The minimum Gasteiger partial charge on any atom is -0.450 e. The van der Waals surface area contributed by atoms with Crippen LogP contribution in [0, 0.1) is 0 Å². The highest BCUT2D eigenvalue weighted by molar-refractivity contribution is 5.93. The van der Waals surface area contributed by atoms with Crippen LogP contribution in [0.15, 0.2) is 48.7 Å². The Kier molecular flexibility index (Phi) is 7.05. The van der Waals surface area contributed by atoms with Crippen LogP contribution in [0.1, 0.15) is 37.2 Å². The summed E-state index contributed by atoms with van der Waals surface area (Å²) >= 11 is 0. The summed E-state index contributed by atoms with van der Waals surface area (Å²) in [5, 5.41) is 3.05. The number of benzene rings is 1. The van der Waals surface area contributed by atoms with E-state index in [1.807, 2.05) is 42.5 Å². The molecule has 29 heavy (non-hydrogen) atoms. The molecule has 0 aliphatic carbocycles. The summed E-state index contributed by atoms with van der Waals surface area (Å²) < 4.78 is 5.03. The Bertz CT molecular complexity index is 820. The fraction of sp³-hybridized carbons (Fsp3) is 0.409. The molecule has 2 amide bonds. The second-order valence-corrected chi connectivity index (χ2v) is 6.91. The van der Waals surface area contributed by atoms with Crippen molar-refractivity contribution in [1.29, 1.82) is 0 Å². The molecule has 0 unspecified atom stereocenters. The zero-order valence-corrected chi connectivity index (χ0v) is 17.0. The van der Waals surface area contributed by atoms with Crippen LogP contribution in [0.25, 0.3) is 0 Å². The number of pyridine rings is 1. The maximum absolute atomic E-state index is 12.7. The first kappa shape index (κ1) is 20.6. The molecule has 2 heterocycles. The van der Waals surface area contributed by atoms with Crippen molar-refractivity contribution in [3.63, 3.8) is 0 Å². The molecule has 3 rings (SSSR count). The maximum Gasteiger partial charge on any atom is 0.409 e. The summed E-state index contributed by atoms with van der Waals surface area (Å²) in [5.74, 6) is -0.189. The Morgan fingerprint density at radius 2 is 1.86 bits per heavy atom. The molecule has 0 bridgehead atoms. The number of aromatic nitrogens is 1. The number of nitrogens with zero attached hydrogens (tertiary/aromatic N) is 3. The number of hydrogen-bond donors (Lipinski definition) is 1. The lowest BCUT2D eigenvalue weighted by molar-refractivity contribution is 0.0856. The Balaban J connectivity index is 1.62. The lowest BCUT2D eigenvalue weighted by Crippen LogP contribution is -2.46. The molecular formula is C22H28N4O3. The molecule has 1 N–H and O–H groups in total. The highest BCUT2D eigenvalue weighted by Crippen LogP contribution is 2.25. The fourth-order valence-corrected chi connectivity index (χ4v) is 3.51. The number of carbonyl (C=O) groups excluding carboxylic acids is 2. The van der Waals surface area contributed by atoms with Crippen LogP contribution < -0.4 is 10.2 Å². The summed E-state index contributed by atoms with van der Waals surface area (Å²) in [5.41, 5.74) is 2.39. The number of ether oxygens (including phenoxy) is 1. The van der Waals surface area contributed by atoms with Crippen LogP contribution in [0.2, 0.25) is 0 Å². The fourth-order valence-electron chi connectivity index (χ4n) is 3.51. The van der Waals surface area contributed by atoms with Crippen molar-refractivity contribution in [3.05, 3.63) is 54.4 Å². The molecule has 0 radical (unpaired) electrons. The Hall–Kier alpha value is -3.09. The van der Waals surface area contributed by atoms with Gasteiger partial charge in [0.05, 0.1) is 6.61 Å². The molecule has 1 aromatic carbocycles. The summed E-state index contributed by atoms with van der Waals surface area (Å²) in [7, 11) is 0. The first-order chi connectivity index (χ1) is 14.1. The molecule has 1 aliphatic heterocycles. The molecule has 154 valence electrons. The Labute approximate surface area is 171 Å². The zero-order chi connectivity index (χ0) is 20.6. The highest BCUT2D eigenvalue weighted by Gasteiger charge is 2.25. The van der Waals surface area contributed by atoms with E-state index in [-0.39, 0.29) is 18.0 Å². The van der Waals surface area contributed by atoms with Crippen molar-refractivity contribution in [2.75, 3.05) is 31.1 Å². The van der Waals surface area contributed by atoms with Gasteiger partial charge in [0.1, 0.15) is 5.69 Å². The average molecular weight is 396 g/mol. The van der Waals surface area contributed by atoms with Crippen LogP contribution in [-0.2, 0) is 4.74 Å². The van der Waals surface area contributed by atoms with E-state index in [4.69, 9.17) is 4.74 Å². The number of anilines is 2. The zero-order valence-electron chi connectivity index (χ0n) is 17.0. The summed E-state index contributed by atoms with van der Waals surface area (Å²) in [4.78, 5) is 32.6. The van der Waals surface area contributed by atoms with Crippen LogP contribution in [0.3, 0.4) is 0 Å². The minimum absolute atomic E-state index is 0.0232. The smallest absolute Gasteiger partial charge is 0.409 e. The lowest BCUT2D eigenvalue weighted by Gasteiger charge is -2.31. The quantitative estimate of drug-likeness (QED) is 0.808. The molecule has 0 saturated carbocycles. The van der Waals surface area contributed by atoms with Crippen LogP contribution in [0.5, 0.6) is 0 Å². The van der Waals surface area contributed by atoms with E-state index in [1.165, 1.54) is 0 Å². The molecule has 0 atom stereocenters. The van der Waals surface area contributed by atoms with Gasteiger partial charge in [-0.25, -0.2) is 4.79 Å². The van der Waals surface area contributed by atoms with E-state index in [2.05, 4.69) is 22.1 Å². The number of carbonyl (C=O) groups is 2. The van der Waals surface area contributed by atoms with Gasteiger partial charge in [0.2, 0.25) is 0 Å². The third-order valence-corrected chi connectivity index (χ3v) is 5.03. The van der Waals surface area contributed by atoms with Crippen LogP contribution in [0.4, 0.5) is 16.2 Å². The van der Waals surface area contributed by atoms with Gasteiger partial charge in [-0.1, -0.05) is 18.2 Å². The van der Waals surface area contributed by atoms with E-state index in [1.54, 1.807) is 18.0 Å². The third-order valence-electron chi connectivity index (χ3n) is 5.03. The molecule has 1 aliphatic rings. The summed E-state index contributed by atoms with van der Waals surface area (Å²) in [6.45, 7) is 6.17. The third kappa shape index (κ3) is 5.25. The summed E-state index contributed by atoms with van der Waals surface area (Å²) in [6, 6.07) is 13.8. The SMILES string of the molecule is CCOC(=O)N1CCC(NC(=O)c2cc(N(CC)c3ccccc3)ccn2)CC1. The number of amides is 2. The van der Waals surface area contributed by atoms with E-state index in [0.717, 1.165) is 17.9 Å². The van der Waals surface area contributed by atoms with E-state index in [0.29, 0.717) is 38.2 Å². The minimum atomic E-state index is -0.285. The second kappa shape index (κ2) is 9.91. The predicted octanol–water partition coefficient (Wildman–Crippen LogP) is 3.59. The van der Waals surface area contributed by atoms with Gasteiger partial charge in [0.15, 0.2) is 0 Å². The van der Waals surface area contributed by atoms with Gasteiger partial charge in [-0.3, -0.25) is 9.78 Å². The highest BCUT2D eigenvalue weighted by atomic mass is 16.6. The van der Waals surface area contributed by atoms with Crippen molar-refractivity contribution in [1.82, 2.24) is 15.2 Å². The lowest BCUT2D eigenvalue weighted by atomic mass is 10.1. The van der Waals surface area contributed by atoms with Crippen molar-refractivity contribution in [3.8, 4) is 0 Å². The Morgan fingerprint density at radius 3 is 2.52 bits per heavy atom. The van der Waals surface area contributed by atoms with E-state index >= 15 is 0 Å². The number of piperidine rings is 1. The maximum atomic E-state index is 12.7. The molecule has 2 aromatic rings. The number of likely N-dealkylation sites (tertiary alicyclic amines) is 1. The van der Waals surface area contributed by atoms with E-state index < -0.39 is 0 Å². The summed E-state index contributed by atoms with van der Waals surface area (Å²) in [6.07, 6.45) is 2.79. The largest absolute Gasteiger partial charge is 0.450 e. The molecule has 7 heteroatoms. The topological polar surface area (TPSA) is 74.8 Å². The van der Waals surface area contributed by atoms with Crippen molar-refractivity contribution < 1.29 is 14.3 Å². The van der Waals surface area contributed by atoms with Gasteiger partial charge < -0.3 is 19.9 Å². The molecule has 1 fully saturated rings. The van der Waals surface area contributed by atoms with Gasteiger partial charge in [0, 0.05) is 43.2 Å². The standard InChI is InChI=1S/C22H28N4O3/c1-3-26(18-8-6-5-7-9-18)19-10-13-23-20(16-19)21(27)24-17-11-14-25(15-12-17)22(28)29-4-2/h5-10,13,16-17H,3-4,11-12,14-15H2,1-2H3,(H,24,27).